The summed E-state index contributed by atoms with van der Waals surface area (Å²) in [5.41, 5.74) is 2.32. The van der Waals surface area contributed by atoms with Crippen molar-refractivity contribution in [3.8, 4) is 0 Å². The monoisotopic (exact) mass is 435 g/mol. The van der Waals surface area contributed by atoms with Gasteiger partial charge >= 0.3 is 6.18 Å². The number of pyridine rings is 1. The molecule has 31 heavy (non-hydrogen) atoms. The zero-order valence-electron chi connectivity index (χ0n) is 17.8. The van der Waals surface area contributed by atoms with Crippen molar-refractivity contribution >= 4 is 11.6 Å². The third-order valence-corrected chi connectivity index (χ3v) is 5.26. The van der Waals surface area contributed by atoms with Crippen LogP contribution in [-0.2, 0) is 30.5 Å². The van der Waals surface area contributed by atoms with E-state index in [-0.39, 0.29) is 24.6 Å². The second-order valence-corrected chi connectivity index (χ2v) is 7.85. The van der Waals surface area contributed by atoms with E-state index in [1.165, 1.54) is 28.2 Å². The van der Waals surface area contributed by atoms with Gasteiger partial charge in [0, 0.05) is 43.6 Å². The minimum atomic E-state index is -4.57. The molecule has 0 saturated heterocycles. The maximum Gasteiger partial charge on any atom is 0.433 e. The summed E-state index contributed by atoms with van der Waals surface area (Å²) in [6, 6.07) is 8.76. The van der Waals surface area contributed by atoms with Gasteiger partial charge in [-0.3, -0.25) is 9.78 Å². The summed E-state index contributed by atoms with van der Waals surface area (Å²) in [6.45, 7) is 2.38. The van der Waals surface area contributed by atoms with Crippen molar-refractivity contribution in [3.05, 3.63) is 58.9 Å². The second-order valence-electron chi connectivity index (χ2n) is 7.85. The van der Waals surface area contributed by atoms with E-state index in [1.54, 1.807) is 0 Å². The Morgan fingerprint density at radius 3 is 2.74 bits per heavy atom. The van der Waals surface area contributed by atoms with E-state index < -0.39 is 11.9 Å². The SMILES string of the molecule is CN(C)CCN(Cc1cccnc1C(F)(F)F)C(=O)CNc1cccc2c1CCNC2. The maximum atomic E-state index is 13.4. The zero-order valence-corrected chi connectivity index (χ0v) is 17.8. The predicted molar refractivity (Wildman–Crippen MR) is 114 cm³/mol. The third-order valence-electron chi connectivity index (χ3n) is 5.26. The van der Waals surface area contributed by atoms with E-state index in [1.807, 2.05) is 31.1 Å². The number of benzene rings is 1. The lowest BCUT2D eigenvalue weighted by Crippen LogP contribution is -2.40. The van der Waals surface area contributed by atoms with Crippen LogP contribution in [0.3, 0.4) is 0 Å². The molecule has 9 heteroatoms. The molecule has 0 aliphatic carbocycles. The number of hydrogen-bond donors (Lipinski definition) is 2. The Morgan fingerprint density at radius 1 is 1.19 bits per heavy atom. The van der Waals surface area contributed by atoms with Gasteiger partial charge in [-0.15, -0.1) is 0 Å². The molecule has 0 fully saturated rings. The summed E-state index contributed by atoms with van der Waals surface area (Å²) in [7, 11) is 3.72. The fraction of sp³-hybridized carbons (Fsp3) is 0.455. The molecule has 2 N–H and O–H groups in total. The second kappa shape index (κ2) is 10.1. The molecule has 2 heterocycles. The standard InChI is InChI=1S/C22H28F3N5O/c1-29(2)11-12-30(15-17-6-4-9-27-21(17)22(23,24)25)20(31)14-28-19-7-3-5-16-13-26-10-8-18(16)19/h3-7,9,26,28H,8,10-15H2,1-2H3. The maximum absolute atomic E-state index is 13.4. The molecule has 0 unspecified atom stereocenters. The van der Waals surface area contributed by atoms with Crippen molar-refractivity contribution in [1.82, 2.24) is 20.1 Å². The molecule has 0 saturated carbocycles. The first-order valence-corrected chi connectivity index (χ1v) is 10.2. The number of hydrogen-bond acceptors (Lipinski definition) is 5. The molecule has 0 atom stereocenters. The normalized spacial score (nSPS) is 13.7. The molecule has 1 aliphatic rings. The molecule has 1 amide bonds. The fourth-order valence-corrected chi connectivity index (χ4v) is 3.62. The number of rotatable bonds is 8. The summed E-state index contributed by atoms with van der Waals surface area (Å²) < 4.78 is 40.1. The lowest BCUT2D eigenvalue weighted by molar-refractivity contribution is -0.143. The van der Waals surface area contributed by atoms with Crippen LogP contribution in [0.2, 0.25) is 0 Å². The van der Waals surface area contributed by atoms with Gasteiger partial charge in [-0.1, -0.05) is 18.2 Å². The van der Waals surface area contributed by atoms with Crippen molar-refractivity contribution in [2.24, 2.45) is 0 Å². The van der Waals surface area contributed by atoms with Crippen LogP contribution in [0.1, 0.15) is 22.4 Å². The zero-order chi connectivity index (χ0) is 22.4. The van der Waals surface area contributed by atoms with E-state index in [4.69, 9.17) is 0 Å². The van der Waals surface area contributed by atoms with Crippen molar-refractivity contribution in [1.29, 1.82) is 0 Å². The number of alkyl halides is 3. The van der Waals surface area contributed by atoms with Gasteiger partial charge in [0.25, 0.3) is 0 Å². The van der Waals surface area contributed by atoms with E-state index in [0.717, 1.165) is 31.4 Å². The van der Waals surface area contributed by atoms with Crippen LogP contribution in [-0.4, -0.2) is 61.0 Å². The first-order valence-electron chi connectivity index (χ1n) is 10.2. The topological polar surface area (TPSA) is 60.5 Å². The lowest BCUT2D eigenvalue weighted by atomic mass is 9.99. The number of likely N-dealkylation sites (N-methyl/N-ethyl adjacent to an activating group) is 1. The Balaban J connectivity index is 1.74. The van der Waals surface area contributed by atoms with Crippen LogP contribution >= 0.6 is 0 Å². The fourth-order valence-electron chi connectivity index (χ4n) is 3.62. The number of halogens is 3. The summed E-state index contributed by atoms with van der Waals surface area (Å²) in [5.74, 6) is -0.259. The number of carbonyl (C=O) groups is 1. The van der Waals surface area contributed by atoms with Gasteiger partial charge in [0.15, 0.2) is 0 Å². The Kier molecular flexibility index (Phi) is 7.50. The van der Waals surface area contributed by atoms with Crippen LogP contribution in [0.4, 0.5) is 18.9 Å². The average Bonchev–Trinajstić information content (AvgIpc) is 2.74. The Bertz CT molecular complexity index is 901. The van der Waals surface area contributed by atoms with Crippen LogP contribution in [0.5, 0.6) is 0 Å². The molecule has 1 aromatic carbocycles. The van der Waals surface area contributed by atoms with Gasteiger partial charge in [0.2, 0.25) is 5.91 Å². The first kappa shape index (κ1) is 23.0. The Morgan fingerprint density at radius 2 is 2.00 bits per heavy atom. The highest BCUT2D eigenvalue weighted by Crippen LogP contribution is 2.30. The van der Waals surface area contributed by atoms with Crippen molar-refractivity contribution < 1.29 is 18.0 Å². The molecule has 0 bridgehead atoms. The largest absolute Gasteiger partial charge is 0.433 e. The number of aromatic nitrogens is 1. The van der Waals surface area contributed by atoms with Crippen LogP contribution in [0, 0.1) is 0 Å². The van der Waals surface area contributed by atoms with Gasteiger partial charge in [-0.05, 0) is 50.3 Å². The lowest BCUT2D eigenvalue weighted by Gasteiger charge is -2.27. The highest BCUT2D eigenvalue weighted by atomic mass is 19.4. The van der Waals surface area contributed by atoms with E-state index in [9.17, 15) is 18.0 Å². The molecule has 1 aliphatic heterocycles. The Hall–Kier alpha value is -2.65. The van der Waals surface area contributed by atoms with Gasteiger partial charge in [0.1, 0.15) is 5.69 Å². The summed E-state index contributed by atoms with van der Waals surface area (Å²) in [5, 5.41) is 6.52. The van der Waals surface area contributed by atoms with Crippen molar-refractivity contribution in [3.63, 3.8) is 0 Å². The molecular weight excluding hydrogens is 407 g/mol. The highest BCUT2D eigenvalue weighted by molar-refractivity contribution is 5.81. The molecule has 0 spiro atoms. The summed E-state index contributed by atoms with van der Waals surface area (Å²) in [6.07, 6.45) is -2.59. The first-order chi connectivity index (χ1) is 14.8. The van der Waals surface area contributed by atoms with Gasteiger partial charge < -0.3 is 20.4 Å². The van der Waals surface area contributed by atoms with Crippen molar-refractivity contribution in [2.45, 2.75) is 25.7 Å². The van der Waals surface area contributed by atoms with E-state index in [2.05, 4.69) is 21.7 Å². The number of nitrogens with one attached hydrogen (secondary N) is 2. The minimum Gasteiger partial charge on any atom is -0.376 e. The van der Waals surface area contributed by atoms with E-state index >= 15 is 0 Å². The average molecular weight is 435 g/mol. The van der Waals surface area contributed by atoms with Crippen LogP contribution in [0.15, 0.2) is 36.5 Å². The number of fused-ring (bicyclic) bond motifs is 1. The number of anilines is 1. The summed E-state index contributed by atoms with van der Waals surface area (Å²) in [4.78, 5) is 19.8. The van der Waals surface area contributed by atoms with Crippen LogP contribution in [0.25, 0.3) is 0 Å². The molecule has 6 nitrogen and oxygen atoms in total. The minimum absolute atomic E-state index is 0.00901. The number of amides is 1. The third kappa shape index (κ3) is 6.18. The molecular formula is C22H28F3N5O. The molecule has 1 aromatic heterocycles. The molecule has 3 rings (SSSR count). The van der Waals surface area contributed by atoms with Gasteiger partial charge in [0.05, 0.1) is 6.54 Å². The smallest absolute Gasteiger partial charge is 0.376 e. The van der Waals surface area contributed by atoms with Crippen LogP contribution < -0.4 is 10.6 Å². The van der Waals surface area contributed by atoms with Crippen molar-refractivity contribution in [2.75, 3.05) is 45.6 Å². The van der Waals surface area contributed by atoms with Gasteiger partial charge in [-0.25, -0.2) is 0 Å². The Labute approximate surface area is 180 Å². The molecule has 2 aromatic rings. The van der Waals surface area contributed by atoms with Gasteiger partial charge in [-0.2, -0.15) is 13.2 Å². The number of carbonyl (C=O) groups excluding carboxylic acids is 1. The molecule has 0 radical (unpaired) electrons. The highest BCUT2D eigenvalue weighted by Gasteiger charge is 2.35. The summed E-state index contributed by atoms with van der Waals surface area (Å²) >= 11 is 0. The predicted octanol–water partition coefficient (Wildman–Crippen LogP) is 2.75. The quantitative estimate of drug-likeness (QED) is 0.668. The van der Waals surface area contributed by atoms with E-state index in [0.29, 0.717) is 13.1 Å². The molecule has 168 valence electrons. The number of nitrogens with zero attached hydrogens (tertiary/aromatic N) is 3.